The van der Waals surface area contributed by atoms with Gasteiger partial charge in [0.25, 0.3) is 5.56 Å². The molecule has 0 aliphatic carbocycles. The minimum Gasteiger partial charge on any atom is -0.481 e. The topological polar surface area (TPSA) is 77.1 Å². The highest BCUT2D eigenvalue weighted by Crippen LogP contribution is 2.32. The summed E-state index contributed by atoms with van der Waals surface area (Å²) in [6.45, 7) is 0. The van der Waals surface area contributed by atoms with E-state index in [0.717, 1.165) is 0 Å². The fraction of sp³-hybridized carbons (Fsp3) is 0.105. The average molecular weight is 368 g/mol. The fourth-order valence-electron chi connectivity index (χ4n) is 3.35. The molecule has 0 bridgehead atoms. The number of rotatable bonds is 3. The quantitative estimate of drug-likeness (QED) is 0.603. The lowest BCUT2D eigenvalue weighted by Gasteiger charge is -2.05. The molecule has 130 valence electrons. The number of halogens is 1. The molecule has 4 rings (SSSR count). The molecular weight excluding hydrogens is 354 g/mol. The molecule has 0 atom stereocenters. The van der Waals surface area contributed by atoms with Crippen LogP contribution >= 0.6 is 11.6 Å². The zero-order valence-corrected chi connectivity index (χ0v) is 14.6. The second-order valence-electron chi connectivity index (χ2n) is 6.05. The van der Waals surface area contributed by atoms with Crippen LogP contribution in [-0.4, -0.2) is 25.4 Å². The van der Waals surface area contributed by atoms with Gasteiger partial charge < -0.3 is 9.67 Å². The van der Waals surface area contributed by atoms with Crippen LogP contribution in [0, 0.1) is 0 Å². The molecule has 0 unspecified atom stereocenters. The third kappa shape index (κ3) is 2.46. The van der Waals surface area contributed by atoms with Crippen LogP contribution in [0.2, 0.25) is 5.02 Å². The first kappa shape index (κ1) is 16.4. The smallest absolute Gasteiger partial charge is 0.307 e. The Labute approximate surface area is 152 Å². The molecule has 0 aliphatic rings. The van der Waals surface area contributed by atoms with E-state index in [0.29, 0.717) is 38.1 Å². The van der Waals surface area contributed by atoms with Crippen molar-refractivity contribution in [2.75, 3.05) is 0 Å². The van der Waals surface area contributed by atoms with Crippen molar-refractivity contribution in [3.8, 4) is 5.69 Å². The van der Waals surface area contributed by atoms with Crippen molar-refractivity contribution in [3.05, 3.63) is 69.6 Å². The predicted octanol–water partition coefficient (Wildman–Crippen LogP) is 3.16. The fourth-order valence-corrected chi connectivity index (χ4v) is 3.59. The number of carboxylic acids is 1. The SMILES string of the molecule is Cn1c2cc(Cl)cc(CC(=O)O)c2c2cnn(-c3ccccc3)c(=O)c21. The lowest BCUT2D eigenvalue weighted by atomic mass is 10.0. The zero-order valence-electron chi connectivity index (χ0n) is 13.8. The van der Waals surface area contributed by atoms with Gasteiger partial charge in [0.05, 0.1) is 23.8 Å². The molecular formula is C19H14ClN3O3. The number of benzene rings is 2. The van der Waals surface area contributed by atoms with E-state index in [-0.39, 0.29) is 12.0 Å². The molecule has 0 fully saturated rings. The van der Waals surface area contributed by atoms with Crippen LogP contribution in [-0.2, 0) is 18.3 Å². The standard InChI is InChI=1S/C19H14ClN3O3/c1-22-15-9-12(20)7-11(8-16(24)25)17(15)14-10-21-23(19(26)18(14)22)13-5-3-2-4-6-13/h2-7,9-10H,8H2,1H3,(H,24,25). The van der Waals surface area contributed by atoms with Crippen LogP contribution < -0.4 is 5.56 Å². The van der Waals surface area contributed by atoms with Crippen LogP contribution in [0.5, 0.6) is 0 Å². The Bertz CT molecular complexity index is 1230. The number of carbonyl (C=O) groups is 1. The summed E-state index contributed by atoms with van der Waals surface area (Å²) in [5.74, 6) is -0.962. The Hall–Kier alpha value is -3.12. The van der Waals surface area contributed by atoms with E-state index in [9.17, 15) is 14.7 Å². The number of carboxylic acid groups (broad SMARTS) is 1. The van der Waals surface area contributed by atoms with E-state index in [1.165, 1.54) is 4.68 Å². The normalized spacial score (nSPS) is 11.3. The van der Waals surface area contributed by atoms with Gasteiger partial charge in [-0.05, 0) is 29.8 Å². The van der Waals surface area contributed by atoms with Crippen molar-refractivity contribution in [2.24, 2.45) is 7.05 Å². The van der Waals surface area contributed by atoms with Gasteiger partial charge >= 0.3 is 5.97 Å². The van der Waals surface area contributed by atoms with Gasteiger partial charge in [0, 0.05) is 22.8 Å². The Morgan fingerprint density at radius 3 is 2.65 bits per heavy atom. The minimum absolute atomic E-state index is 0.183. The molecule has 6 nitrogen and oxygen atoms in total. The predicted molar refractivity (Wildman–Crippen MR) is 100 cm³/mol. The molecule has 0 saturated carbocycles. The number of aliphatic carboxylic acids is 1. The van der Waals surface area contributed by atoms with Crippen molar-refractivity contribution in [1.29, 1.82) is 0 Å². The molecule has 0 radical (unpaired) electrons. The molecule has 0 amide bonds. The Kier molecular flexibility index (Phi) is 3.77. The maximum Gasteiger partial charge on any atom is 0.307 e. The summed E-state index contributed by atoms with van der Waals surface area (Å²) in [6.07, 6.45) is 1.42. The van der Waals surface area contributed by atoms with Gasteiger partial charge in [-0.2, -0.15) is 9.78 Å². The van der Waals surface area contributed by atoms with Crippen LogP contribution in [0.25, 0.3) is 27.5 Å². The molecule has 1 N–H and O–H groups in total. The number of hydrogen-bond donors (Lipinski definition) is 1. The first-order valence-electron chi connectivity index (χ1n) is 7.93. The Morgan fingerprint density at radius 1 is 1.23 bits per heavy atom. The number of fused-ring (bicyclic) bond motifs is 3. The van der Waals surface area contributed by atoms with Crippen LogP contribution in [0.4, 0.5) is 0 Å². The number of aryl methyl sites for hydroxylation is 1. The highest BCUT2D eigenvalue weighted by Gasteiger charge is 2.19. The number of aromatic nitrogens is 3. The number of para-hydroxylation sites is 1. The molecule has 7 heteroatoms. The number of nitrogens with zero attached hydrogens (tertiary/aromatic N) is 3. The van der Waals surface area contributed by atoms with Crippen molar-refractivity contribution >= 4 is 39.4 Å². The maximum atomic E-state index is 13.1. The Morgan fingerprint density at radius 2 is 1.96 bits per heavy atom. The zero-order chi connectivity index (χ0) is 18.4. The molecule has 2 heterocycles. The molecule has 0 saturated heterocycles. The van der Waals surface area contributed by atoms with Gasteiger partial charge in [-0.3, -0.25) is 9.59 Å². The van der Waals surface area contributed by atoms with E-state index in [1.807, 2.05) is 18.2 Å². The van der Waals surface area contributed by atoms with Crippen molar-refractivity contribution in [2.45, 2.75) is 6.42 Å². The average Bonchev–Trinajstić information content (AvgIpc) is 2.89. The van der Waals surface area contributed by atoms with Crippen molar-refractivity contribution in [1.82, 2.24) is 14.3 Å². The largest absolute Gasteiger partial charge is 0.481 e. The molecule has 0 aliphatic heterocycles. The Balaban J connectivity index is 2.12. The molecule has 2 aromatic carbocycles. The van der Waals surface area contributed by atoms with E-state index >= 15 is 0 Å². The summed E-state index contributed by atoms with van der Waals surface area (Å²) in [4.78, 5) is 24.3. The monoisotopic (exact) mass is 367 g/mol. The van der Waals surface area contributed by atoms with E-state index < -0.39 is 5.97 Å². The van der Waals surface area contributed by atoms with Gasteiger partial charge in [-0.25, -0.2) is 0 Å². The third-order valence-electron chi connectivity index (χ3n) is 4.42. The van der Waals surface area contributed by atoms with Gasteiger partial charge in [-0.1, -0.05) is 29.8 Å². The second kappa shape index (κ2) is 6.00. The summed E-state index contributed by atoms with van der Waals surface area (Å²) in [7, 11) is 1.77. The summed E-state index contributed by atoms with van der Waals surface area (Å²) >= 11 is 6.17. The minimum atomic E-state index is -0.962. The summed E-state index contributed by atoms with van der Waals surface area (Å²) in [5.41, 5.74) is 2.10. The van der Waals surface area contributed by atoms with Gasteiger partial charge in [0.2, 0.25) is 0 Å². The summed E-state index contributed by atoms with van der Waals surface area (Å²) < 4.78 is 3.07. The first-order chi connectivity index (χ1) is 12.5. The summed E-state index contributed by atoms with van der Waals surface area (Å²) in [6, 6.07) is 12.5. The third-order valence-corrected chi connectivity index (χ3v) is 4.64. The highest BCUT2D eigenvalue weighted by atomic mass is 35.5. The van der Waals surface area contributed by atoms with E-state index in [1.54, 1.807) is 42.1 Å². The lowest BCUT2D eigenvalue weighted by Crippen LogP contribution is -2.22. The van der Waals surface area contributed by atoms with Crippen LogP contribution in [0.15, 0.2) is 53.5 Å². The van der Waals surface area contributed by atoms with E-state index in [4.69, 9.17) is 11.6 Å². The van der Waals surface area contributed by atoms with Crippen molar-refractivity contribution < 1.29 is 9.90 Å². The van der Waals surface area contributed by atoms with Crippen LogP contribution in [0.3, 0.4) is 0 Å². The van der Waals surface area contributed by atoms with Crippen molar-refractivity contribution in [3.63, 3.8) is 0 Å². The molecule has 0 spiro atoms. The highest BCUT2D eigenvalue weighted by molar-refractivity contribution is 6.32. The molecule has 4 aromatic rings. The van der Waals surface area contributed by atoms with Crippen LogP contribution in [0.1, 0.15) is 5.56 Å². The maximum absolute atomic E-state index is 13.1. The van der Waals surface area contributed by atoms with Gasteiger partial charge in [-0.15, -0.1) is 0 Å². The summed E-state index contributed by atoms with van der Waals surface area (Å²) in [5, 5.41) is 15.2. The van der Waals surface area contributed by atoms with Gasteiger partial charge in [0.15, 0.2) is 0 Å². The molecule has 26 heavy (non-hydrogen) atoms. The van der Waals surface area contributed by atoms with E-state index in [2.05, 4.69) is 5.10 Å². The molecule has 2 aromatic heterocycles. The second-order valence-corrected chi connectivity index (χ2v) is 6.48. The number of hydrogen-bond acceptors (Lipinski definition) is 3. The lowest BCUT2D eigenvalue weighted by molar-refractivity contribution is -0.136. The van der Waals surface area contributed by atoms with Gasteiger partial charge in [0.1, 0.15) is 5.52 Å². The first-order valence-corrected chi connectivity index (χ1v) is 8.31.